The third kappa shape index (κ3) is 2.80. The molecule has 0 aromatic heterocycles. The molecule has 0 spiro atoms. The van der Waals surface area contributed by atoms with Gasteiger partial charge in [0.05, 0.1) is 5.56 Å². The maximum absolute atomic E-state index is 8.97. The van der Waals surface area contributed by atoms with Gasteiger partial charge in [-0.1, -0.05) is 18.2 Å². The second-order valence-electron chi connectivity index (χ2n) is 4.31. The number of aryl methyl sites for hydroxylation is 1. The van der Waals surface area contributed by atoms with Crippen molar-refractivity contribution in [1.29, 1.82) is 5.26 Å². The largest absolute Gasteiger partial charge is 0.342 e. The molecule has 0 aliphatic carbocycles. The Morgan fingerprint density at radius 2 is 1.95 bits per heavy atom. The molecule has 0 saturated heterocycles. The molecule has 0 amide bonds. The predicted molar refractivity (Wildman–Crippen MR) is 82.7 cm³/mol. The minimum Gasteiger partial charge on any atom is -0.342 e. The predicted octanol–water partition coefficient (Wildman–Crippen LogP) is 4.79. The number of benzene rings is 2. The van der Waals surface area contributed by atoms with E-state index in [1.165, 1.54) is 11.3 Å². The fourth-order valence-corrected chi connectivity index (χ4v) is 2.58. The average molecular weight is 315 g/mol. The normalized spacial score (nSPS) is 10.0. The third-order valence-corrected chi connectivity index (χ3v) is 3.76. The van der Waals surface area contributed by atoms with E-state index >= 15 is 0 Å². The van der Waals surface area contributed by atoms with Gasteiger partial charge in [0, 0.05) is 22.4 Å². The Kier molecular flexibility index (Phi) is 4.24. The Labute approximate surface area is 122 Å². The first kappa shape index (κ1) is 13.6. The van der Waals surface area contributed by atoms with Gasteiger partial charge in [-0.2, -0.15) is 5.26 Å². The van der Waals surface area contributed by atoms with E-state index in [9.17, 15) is 0 Å². The summed E-state index contributed by atoms with van der Waals surface area (Å²) in [6.45, 7) is 5.11. The molecule has 0 atom stereocenters. The SMILES string of the molecule is CCN(c1ccc(C#N)c(Br)c1)c1ccccc1C. The fourth-order valence-electron chi connectivity index (χ4n) is 2.12. The van der Waals surface area contributed by atoms with E-state index in [2.05, 4.69) is 52.9 Å². The van der Waals surface area contributed by atoms with Crippen LogP contribution in [0.2, 0.25) is 0 Å². The van der Waals surface area contributed by atoms with Crippen molar-refractivity contribution in [3.05, 3.63) is 58.1 Å². The highest BCUT2D eigenvalue weighted by atomic mass is 79.9. The molecule has 0 bridgehead atoms. The fraction of sp³-hybridized carbons (Fsp3) is 0.188. The van der Waals surface area contributed by atoms with Crippen LogP contribution >= 0.6 is 15.9 Å². The molecule has 3 heteroatoms. The van der Waals surface area contributed by atoms with Crippen LogP contribution in [0, 0.1) is 18.3 Å². The lowest BCUT2D eigenvalue weighted by Gasteiger charge is -2.25. The summed E-state index contributed by atoms with van der Waals surface area (Å²) >= 11 is 3.45. The van der Waals surface area contributed by atoms with E-state index < -0.39 is 0 Å². The van der Waals surface area contributed by atoms with Gasteiger partial charge in [0.1, 0.15) is 6.07 Å². The number of nitriles is 1. The molecule has 2 rings (SSSR count). The van der Waals surface area contributed by atoms with Gasteiger partial charge in [-0.25, -0.2) is 0 Å². The van der Waals surface area contributed by atoms with Crippen LogP contribution in [0.3, 0.4) is 0 Å². The molecular weight excluding hydrogens is 300 g/mol. The smallest absolute Gasteiger partial charge is 0.100 e. The minimum atomic E-state index is 0.657. The van der Waals surface area contributed by atoms with Crippen LogP contribution in [0.5, 0.6) is 0 Å². The summed E-state index contributed by atoms with van der Waals surface area (Å²) in [7, 11) is 0. The summed E-state index contributed by atoms with van der Waals surface area (Å²) < 4.78 is 0.833. The van der Waals surface area contributed by atoms with Gasteiger partial charge in [-0.3, -0.25) is 0 Å². The summed E-state index contributed by atoms with van der Waals surface area (Å²) in [6.07, 6.45) is 0. The lowest BCUT2D eigenvalue weighted by molar-refractivity contribution is 1.01. The first-order valence-electron chi connectivity index (χ1n) is 6.20. The van der Waals surface area contributed by atoms with Crippen molar-refractivity contribution < 1.29 is 0 Å². The molecule has 2 nitrogen and oxygen atoms in total. The van der Waals surface area contributed by atoms with E-state index in [-0.39, 0.29) is 0 Å². The van der Waals surface area contributed by atoms with E-state index in [0.29, 0.717) is 5.56 Å². The Hall–Kier alpha value is -1.79. The molecule has 0 unspecified atom stereocenters. The second-order valence-corrected chi connectivity index (χ2v) is 5.16. The van der Waals surface area contributed by atoms with Crippen molar-refractivity contribution in [3.63, 3.8) is 0 Å². The van der Waals surface area contributed by atoms with Crippen LogP contribution in [-0.4, -0.2) is 6.54 Å². The molecule has 0 radical (unpaired) electrons. The number of nitrogens with zero attached hydrogens (tertiary/aromatic N) is 2. The quantitative estimate of drug-likeness (QED) is 0.814. The number of hydrogen-bond donors (Lipinski definition) is 0. The van der Waals surface area contributed by atoms with Crippen LogP contribution in [0.4, 0.5) is 11.4 Å². The topological polar surface area (TPSA) is 27.0 Å². The van der Waals surface area contributed by atoms with Gasteiger partial charge in [0.2, 0.25) is 0 Å². The summed E-state index contributed by atoms with van der Waals surface area (Å²) in [5.74, 6) is 0. The van der Waals surface area contributed by atoms with Crippen molar-refractivity contribution >= 4 is 27.3 Å². The van der Waals surface area contributed by atoms with Crippen LogP contribution in [0.25, 0.3) is 0 Å². The van der Waals surface area contributed by atoms with Crippen molar-refractivity contribution in [3.8, 4) is 6.07 Å². The zero-order valence-corrected chi connectivity index (χ0v) is 12.6. The standard InChI is InChI=1S/C16H15BrN2/c1-3-19(16-7-5-4-6-12(16)2)14-9-8-13(11-18)15(17)10-14/h4-10H,3H2,1-2H3. The number of anilines is 2. The number of para-hydroxylation sites is 1. The maximum atomic E-state index is 8.97. The van der Waals surface area contributed by atoms with Crippen molar-refractivity contribution in [2.24, 2.45) is 0 Å². The molecule has 0 saturated carbocycles. The van der Waals surface area contributed by atoms with Gasteiger partial charge in [-0.15, -0.1) is 0 Å². The maximum Gasteiger partial charge on any atom is 0.100 e. The highest BCUT2D eigenvalue weighted by molar-refractivity contribution is 9.10. The Balaban J connectivity index is 2.46. The van der Waals surface area contributed by atoms with Gasteiger partial charge in [0.15, 0.2) is 0 Å². The second kappa shape index (κ2) is 5.90. The number of rotatable bonds is 3. The van der Waals surface area contributed by atoms with Crippen molar-refractivity contribution in [2.75, 3.05) is 11.4 Å². The van der Waals surface area contributed by atoms with Gasteiger partial charge < -0.3 is 4.90 Å². The monoisotopic (exact) mass is 314 g/mol. The molecule has 0 heterocycles. The molecule has 2 aromatic carbocycles. The molecule has 0 aliphatic heterocycles. The number of hydrogen-bond acceptors (Lipinski definition) is 2. The molecule has 2 aromatic rings. The third-order valence-electron chi connectivity index (χ3n) is 3.11. The summed E-state index contributed by atoms with van der Waals surface area (Å²) in [5, 5.41) is 8.97. The molecule has 0 fully saturated rings. The van der Waals surface area contributed by atoms with Crippen LogP contribution in [-0.2, 0) is 0 Å². The van der Waals surface area contributed by atoms with E-state index in [1.54, 1.807) is 0 Å². The van der Waals surface area contributed by atoms with Gasteiger partial charge in [-0.05, 0) is 59.6 Å². The average Bonchev–Trinajstić information content (AvgIpc) is 2.42. The zero-order chi connectivity index (χ0) is 13.8. The lowest BCUT2D eigenvalue weighted by atomic mass is 10.1. The first-order chi connectivity index (χ1) is 9.17. The molecule has 96 valence electrons. The molecule has 0 N–H and O–H groups in total. The molecule has 19 heavy (non-hydrogen) atoms. The summed E-state index contributed by atoms with van der Waals surface area (Å²) in [5.41, 5.74) is 4.18. The van der Waals surface area contributed by atoms with Gasteiger partial charge in [0.25, 0.3) is 0 Å². The minimum absolute atomic E-state index is 0.657. The zero-order valence-electron chi connectivity index (χ0n) is 11.0. The molecular formula is C16H15BrN2. The van der Waals surface area contributed by atoms with Crippen LogP contribution in [0.15, 0.2) is 46.9 Å². The Morgan fingerprint density at radius 1 is 1.21 bits per heavy atom. The Morgan fingerprint density at radius 3 is 2.53 bits per heavy atom. The highest BCUT2D eigenvalue weighted by Crippen LogP contribution is 2.30. The highest BCUT2D eigenvalue weighted by Gasteiger charge is 2.11. The van der Waals surface area contributed by atoms with Crippen LogP contribution < -0.4 is 4.90 Å². The van der Waals surface area contributed by atoms with E-state index in [4.69, 9.17) is 5.26 Å². The summed E-state index contributed by atoms with van der Waals surface area (Å²) in [6, 6.07) is 16.3. The van der Waals surface area contributed by atoms with Crippen molar-refractivity contribution in [1.82, 2.24) is 0 Å². The lowest BCUT2D eigenvalue weighted by Crippen LogP contribution is -2.17. The number of halogens is 1. The van der Waals surface area contributed by atoms with E-state index in [1.807, 2.05) is 30.3 Å². The van der Waals surface area contributed by atoms with Crippen molar-refractivity contribution in [2.45, 2.75) is 13.8 Å². The molecule has 0 aliphatic rings. The summed E-state index contributed by atoms with van der Waals surface area (Å²) in [4.78, 5) is 2.24. The van der Waals surface area contributed by atoms with Crippen LogP contribution in [0.1, 0.15) is 18.1 Å². The van der Waals surface area contributed by atoms with E-state index in [0.717, 1.165) is 16.7 Å². The van der Waals surface area contributed by atoms with Gasteiger partial charge >= 0.3 is 0 Å². The Bertz CT molecular complexity index is 629. The first-order valence-corrected chi connectivity index (χ1v) is 6.99.